The minimum Gasteiger partial charge on any atom is -0.481 e. The highest BCUT2D eigenvalue weighted by Crippen LogP contribution is 2.34. The van der Waals surface area contributed by atoms with E-state index in [2.05, 4.69) is 15.8 Å². The molecular formula is C25H22N4O5. The highest BCUT2D eigenvalue weighted by Gasteiger charge is 2.36. The van der Waals surface area contributed by atoms with E-state index in [4.69, 9.17) is 0 Å². The van der Waals surface area contributed by atoms with Gasteiger partial charge in [0.1, 0.15) is 0 Å². The summed E-state index contributed by atoms with van der Waals surface area (Å²) in [6, 6.07) is 14.2. The number of non-ortho nitro benzene ring substituents is 1. The number of nitrogens with one attached hydrogen (secondary N) is 2. The van der Waals surface area contributed by atoms with Crippen LogP contribution in [0.1, 0.15) is 22.3 Å². The summed E-state index contributed by atoms with van der Waals surface area (Å²) in [6.07, 6.45) is 9.61. The molecule has 0 saturated heterocycles. The normalized spacial score (nSPS) is 19.5. The molecule has 4 rings (SSSR count). The summed E-state index contributed by atoms with van der Waals surface area (Å²) >= 11 is 0. The van der Waals surface area contributed by atoms with Crippen LogP contribution in [0.4, 0.5) is 5.69 Å². The third-order valence-corrected chi connectivity index (χ3v) is 5.80. The van der Waals surface area contributed by atoms with Gasteiger partial charge in [0, 0.05) is 30.0 Å². The topological polar surface area (TPSA) is 134 Å². The van der Waals surface area contributed by atoms with Gasteiger partial charge in [-0.2, -0.15) is 5.10 Å². The van der Waals surface area contributed by atoms with Crippen LogP contribution in [-0.4, -0.2) is 33.7 Å². The van der Waals surface area contributed by atoms with E-state index in [1.54, 1.807) is 30.5 Å². The zero-order chi connectivity index (χ0) is 24.1. The van der Waals surface area contributed by atoms with Gasteiger partial charge in [-0.3, -0.25) is 19.7 Å². The van der Waals surface area contributed by atoms with Gasteiger partial charge in [0.05, 0.1) is 22.6 Å². The largest absolute Gasteiger partial charge is 0.481 e. The summed E-state index contributed by atoms with van der Waals surface area (Å²) in [5, 5.41) is 28.4. The van der Waals surface area contributed by atoms with Crippen molar-refractivity contribution in [1.29, 1.82) is 0 Å². The quantitative estimate of drug-likeness (QED) is 0.315. The maximum Gasteiger partial charge on any atom is 0.311 e. The summed E-state index contributed by atoms with van der Waals surface area (Å²) in [5.74, 6) is -2.47. The number of carboxylic acids is 1. The van der Waals surface area contributed by atoms with Crippen LogP contribution < -0.4 is 10.7 Å². The minimum atomic E-state index is -0.984. The molecule has 0 bridgehead atoms. The number of nitrogens with zero attached hydrogens (tertiary/aromatic N) is 2. The lowest BCUT2D eigenvalue weighted by Crippen LogP contribution is -2.29. The molecular weight excluding hydrogens is 436 g/mol. The number of hydrogen-bond donors (Lipinski definition) is 3. The molecule has 34 heavy (non-hydrogen) atoms. The fourth-order valence-corrected chi connectivity index (χ4v) is 4.02. The first-order valence-electron chi connectivity index (χ1n) is 10.6. The SMILES string of the molecule is O=C(N/N=C(/CC(C(=O)O)C1=CNC2C=CC=CC12)c1ccccc1)c1ccc([N+](=O)[O-])cc1. The molecule has 172 valence electrons. The molecule has 2 aliphatic rings. The smallest absolute Gasteiger partial charge is 0.311 e. The van der Waals surface area contributed by atoms with Gasteiger partial charge in [-0.15, -0.1) is 0 Å². The summed E-state index contributed by atoms with van der Waals surface area (Å²) < 4.78 is 0. The standard InChI is InChI=1S/C25H22N4O5/c30-24(17-10-12-18(13-11-17)29(33)34)28-27-23(16-6-2-1-3-7-16)14-20(25(31)32)21-15-26-22-9-5-4-8-19(21)22/h1-13,15,19-20,22,26H,14H2,(H,28,30)(H,31,32)/b27-23-. The molecule has 3 atom stereocenters. The molecule has 1 aliphatic carbocycles. The van der Waals surface area contributed by atoms with Crippen LogP contribution in [0, 0.1) is 22.0 Å². The number of nitro groups is 1. The lowest BCUT2D eigenvalue weighted by Gasteiger charge is -2.23. The highest BCUT2D eigenvalue weighted by molar-refractivity contribution is 6.04. The van der Waals surface area contributed by atoms with E-state index in [0.29, 0.717) is 11.3 Å². The van der Waals surface area contributed by atoms with Crippen molar-refractivity contribution in [2.24, 2.45) is 16.9 Å². The fourth-order valence-electron chi connectivity index (χ4n) is 4.02. The average Bonchev–Trinajstić information content (AvgIpc) is 3.28. The molecule has 3 unspecified atom stereocenters. The van der Waals surface area contributed by atoms with E-state index in [1.165, 1.54) is 24.3 Å². The molecule has 0 radical (unpaired) electrons. The Bertz CT molecular complexity index is 1220. The van der Waals surface area contributed by atoms with Crippen LogP contribution in [0.3, 0.4) is 0 Å². The number of fused-ring (bicyclic) bond motifs is 1. The Morgan fingerprint density at radius 1 is 1.06 bits per heavy atom. The predicted molar refractivity (Wildman–Crippen MR) is 126 cm³/mol. The van der Waals surface area contributed by atoms with Crippen molar-refractivity contribution >= 4 is 23.3 Å². The van der Waals surface area contributed by atoms with Gasteiger partial charge < -0.3 is 10.4 Å². The first-order valence-corrected chi connectivity index (χ1v) is 10.6. The molecule has 9 nitrogen and oxygen atoms in total. The van der Waals surface area contributed by atoms with Crippen molar-refractivity contribution in [2.45, 2.75) is 12.5 Å². The summed E-state index contributed by atoms with van der Waals surface area (Å²) in [4.78, 5) is 35.1. The number of benzene rings is 2. The Morgan fingerprint density at radius 3 is 2.44 bits per heavy atom. The Labute approximate surface area is 195 Å². The van der Waals surface area contributed by atoms with Crippen LogP contribution in [0.25, 0.3) is 0 Å². The summed E-state index contributed by atoms with van der Waals surface area (Å²) in [5.41, 5.74) is 4.36. The molecule has 0 spiro atoms. The average molecular weight is 458 g/mol. The van der Waals surface area contributed by atoms with Gasteiger partial charge in [-0.05, 0) is 29.5 Å². The van der Waals surface area contributed by atoms with Crippen LogP contribution in [0.2, 0.25) is 0 Å². The third-order valence-electron chi connectivity index (χ3n) is 5.80. The number of carbonyl (C=O) groups is 2. The number of nitro benzene ring substituents is 1. The van der Waals surface area contributed by atoms with E-state index in [-0.39, 0.29) is 29.6 Å². The zero-order valence-corrected chi connectivity index (χ0v) is 18.0. The van der Waals surface area contributed by atoms with Gasteiger partial charge in [-0.1, -0.05) is 54.6 Å². The molecule has 0 saturated carbocycles. The van der Waals surface area contributed by atoms with Gasteiger partial charge in [-0.25, -0.2) is 5.43 Å². The first-order chi connectivity index (χ1) is 16.4. The highest BCUT2D eigenvalue weighted by atomic mass is 16.6. The Hall–Kier alpha value is -4.53. The molecule has 2 aromatic rings. The summed E-state index contributed by atoms with van der Waals surface area (Å²) in [7, 11) is 0. The molecule has 1 amide bonds. The number of carboxylic acid groups (broad SMARTS) is 1. The lowest BCUT2D eigenvalue weighted by molar-refractivity contribution is -0.384. The molecule has 2 aromatic carbocycles. The number of carbonyl (C=O) groups excluding carboxylic acids is 1. The van der Waals surface area contributed by atoms with Crippen molar-refractivity contribution in [1.82, 2.24) is 10.7 Å². The first kappa shape index (κ1) is 22.7. The van der Waals surface area contributed by atoms with Crippen LogP contribution in [0.15, 0.2) is 95.8 Å². The lowest BCUT2D eigenvalue weighted by atomic mass is 9.81. The monoisotopic (exact) mass is 458 g/mol. The maximum atomic E-state index is 12.6. The molecule has 1 heterocycles. The van der Waals surface area contributed by atoms with Crippen LogP contribution in [-0.2, 0) is 4.79 Å². The Morgan fingerprint density at radius 2 is 1.76 bits per heavy atom. The zero-order valence-electron chi connectivity index (χ0n) is 18.0. The molecule has 0 aromatic heterocycles. The van der Waals surface area contributed by atoms with Crippen LogP contribution in [0.5, 0.6) is 0 Å². The van der Waals surface area contributed by atoms with Crippen LogP contribution >= 0.6 is 0 Å². The number of rotatable bonds is 8. The number of hydrazone groups is 1. The van der Waals surface area contributed by atoms with E-state index in [1.807, 2.05) is 30.4 Å². The second-order valence-corrected chi connectivity index (χ2v) is 7.90. The number of hydrogen-bond acceptors (Lipinski definition) is 6. The van der Waals surface area contributed by atoms with Gasteiger partial charge in [0.2, 0.25) is 0 Å². The number of allylic oxidation sites excluding steroid dienone is 2. The van der Waals surface area contributed by atoms with Gasteiger partial charge in [0.15, 0.2) is 0 Å². The van der Waals surface area contributed by atoms with Crippen molar-refractivity contribution in [2.75, 3.05) is 0 Å². The molecule has 9 heteroatoms. The Kier molecular flexibility index (Phi) is 6.63. The fraction of sp³-hybridized carbons (Fsp3) is 0.160. The number of amides is 1. The second-order valence-electron chi connectivity index (χ2n) is 7.90. The third kappa shape index (κ3) is 4.93. The van der Waals surface area contributed by atoms with E-state index in [9.17, 15) is 24.8 Å². The predicted octanol–water partition coefficient (Wildman–Crippen LogP) is 3.42. The van der Waals surface area contributed by atoms with Crippen molar-refractivity contribution in [3.05, 3.63) is 112 Å². The molecule has 3 N–H and O–H groups in total. The van der Waals surface area contributed by atoms with E-state index in [0.717, 1.165) is 5.57 Å². The van der Waals surface area contributed by atoms with Gasteiger partial charge >= 0.3 is 5.97 Å². The van der Waals surface area contributed by atoms with Crippen molar-refractivity contribution in [3.63, 3.8) is 0 Å². The molecule has 0 fully saturated rings. The minimum absolute atomic E-state index is 0.0146. The summed E-state index contributed by atoms with van der Waals surface area (Å²) in [6.45, 7) is 0. The second kappa shape index (κ2) is 9.95. The maximum absolute atomic E-state index is 12.6. The number of aliphatic carboxylic acids is 1. The van der Waals surface area contributed by atoms with E-state index < -0.39 is 22.7 Å². The van der Waals surface area contributed by atoms with E-state index >= 15 is 0 Å². The Balaban J connectivity index is 1.58. The van der Waals surface area contributed by atoms with Crippen molar-refractivity contribution in [3.8, 4) is 0 Å². The van der Waals surface area contributed by atoms with Crippen molar-refractivity contribution < 1.29 is 19.6 Å². The molecule has 1 aliphatic heterocycles. The van der Waals surface area contributed by atoms with Gasteiger partial charge in [0.25, 0.3) is 11.6 Å².